The van der Waals surface area contributed by atoms with Crippen LogP contribution in [0.1, 0.15) is 61.9 Å². The number of rotatable bonds is 3. The molecule has 0 radical (unpaired) electrons. The van der Waals surface area contributed by atoms with Gasteiger partial charge in [-0.25, -0.2) is 0 Å². The molecule has 0 atom stereocenters. The predicted octanol–water partition coefficient (Wildman–Crippen LogP) is 3.32. The quantitative estimate of drug-likeness (QED) is 0.919. The molecule has 0 spiro atoms. The van der Waals surface area contributed by atoms with E-state index in [-0.39, 0.29) is 5.91 Å². The van der Waals surface area contributed by atoms with Crippen LogP contribution in [0.15, 0.2) is 24.3 Å². The summed E-state index contributed by atoms with van der Waals surface area (Å²) in [5, 5.41) is 10.1. The van der Waals surface area contributed by atoms with Crippen molar-refractivity contribution in [3.63, 3.8) is 0 Å². The maximum absolute atomic E-state index is 12.6. The molecule has 0 unspecified atom stereocenters. The smallest absolute Gasteiger partial charge is 0.253 e. The Balaban J connectivity index is 2.16. The highest BCUT2D eigenvalue weighted by molar-refractivity contribution is 5.94. The van der Waals surface area contributed by atoms with E-state index in [9.17, 15) is 9.90 Å². The molecule has 1 fully saturated rings. The van der Waals surface area contributed by atoms with Crippen LogP contribution in [-0.4, -0.2) is 29.0 Å². The van der Waals surface area contributed by atoms with Gasteiger partial charge in [0.1, 0.15) is 0 Å². The standard InChI is InChI=1S/C17H25NO2/c1-17(2,20)14-9-7-8-13(12-14)16(19)18(3)15-10-5-4-6-11-15/h7-9,12,15,20H,4-6,10-11H2,1-3H3. The molecule has 1 N–H and O–H groups in total. The molecule has 110 valence electrons. The molecule has 3 heteroatoms. The average molecular weight is 275 g/mol. The second-order valence-corrected chi connectivity index (χ2v) is 6.35. The SMILES string of the molecule is CN(C(=O)c1cccc(C(C)(C)O)c1)C1CCCCC1. The average Bonchev–Trinajstić information content (AvgIpc) is 2.46. The summed E-state index contributed by atoms with van der Waals surface area (Å²) < 4.78 is 0. The largest absolute Gasteiger partial charge is 0.386 e. The van der Waals surface area contributed by atoms with E-state index < -0.39 is 5.60 Å². The van der Waals surface area contributed by atoms with Crippen LogP contribution in [0, 0.1) is 0 Å². The van der Waals surface area contributed by atoms with Crippen LogP contribution in [0.25, 0.3) is 0 Å². The minimum Gasteiger partial charge on any atom is -0.386 e. The van der Waals surface area contributed by atoms with Crippen molar-refractivity contribution in [1.82, 2.24) is 4.90 Å². The lowest BCUT2D eigenvalue weighted by molar-refractivity contribution is 0.0692. The van der Waals surface area contributed by atoms with Gasteiger partial charge in [0.05, 0.1) is 5.60 Å². The summed E-state index contributed by atoms with van der Waals surface area (Å²) in [4.78, 5) is 14.4. The lowest BCUT2D eigenvalue weighted by atomic mass is 9.93. The predicted molar refractivity (Wildman–Crippen MR) is 80.7 cm³/mol. The first kappa shape index (κ1) is 15.0. The third kappa shape index (κ3) is 3.40. The highest BCUT2D eigenvalue weighted by Crippen LogP contribution is 2.24. The van der Waals surface area contributed by atoms with Gasteiger partial charge >= 0.3 is 0 Å². The molecule has 0 saturated heterocycles. The number of amides is 1. The summed E-state index contributed by atoms with van der Waals surface area (Å²) in [7, 11) is 1.90. The van der Waals surface area contributed by atoms with Crippen LogP contribution in [0.2, 0.25) is 0 Å². The third-order valence-corrected chi connectivity index (χ3v) is 4.26. The molecule has 1 aromatic carbocycles. The number of nitrogens with zero attached hydrogens (tertiary/aromatic N) is 1. The molecule has 1 aliphatic rings. The summed E-state index contributed by atoms with van der Waals surface area (Å²) in [6, 6.07) is 7.70. The van der Waals surface area contributed by atoms with Gasteiger partial charge in [0.15, 0.2) is 0 Å². The zero-order chi connectivity index (χ0) is 14.8. The second kappa shape index (κ2) is 5.96. The van der Waals surface area contributed by atoms with E-state index in [0.717, 1.165) is 18.4 Å². The molecule has 1 aromatic rings. The number of hydrogen-bond donors (Lipinski definition) is 1. The monoisotopic (exact) mass is 275 g/mol. The van der Waals surface area contributed by atoms with E-state index in [1.54, 1.807) is 13.8 Å². The van der Waals surface area contributed by atoms with Gasteiger partial charge < -0.3 is 10.0 Å². The topological polar surface area (TPSA) is 40.5 Å². The first-order valence-electron chi connectivity index (χ1n) is 7.49. The Bertz CT molecular complexity index is 470. The first-order valence-corrected chi connectivity index (χ1v) is 7.49. The molecular weight excluding hydrogens is 250 g/mol. The van der Waals surface area contributed by atoms with Crippen molar-refractivity contribution in [2.45, 2.75) is 57.6 Å². The van der Waals surface area contributed by atoms with Gasteiger partial charge in [-0.3, -0.25) is 4.79 Å². The van der Waals surface area contributed by atoms with Crippen molar-refractivity contribution >= 4 is 5.91 Å². The van der Waals surface area contributed by atoms with Crippen molar-refractivity contribution in [3.8, 4) is 0 Å². The van der Waals surface area contributed by atoms with Gasteiger partial charge in [-0.05, 0) is 44.4 Å². The van der Waals surface area contributed by atoms with E-state index in [0.29, 0.717) is 11.6 Å². The van der Waals surface area contributed by atoms with Gasteiger partial charge in [0, 0.05) is 18.7 Å². The van der Waals surface area contributed by atoms with E-state index in [2.05, 4.69) is 0 Å². The van der Waals surface area contributed by atoms with Gasteiger partial charge in [0.25, 0.3) is 5.91 Å². The molecule has 2 rings (SSSR count). The number of hydrogen-bond acceptors (Lipinski definition) is 2. The fourth-order valence-electron chi connectivity index (χ4n) is 2.87. The summed E-state index contributed by atoms with van der Waals surface area (Å²) in [5.74, 6) is 0.0583. The molecule has 0 aromatic heterocycles. The van der Waals surface area contributed by atoms with Crippen LogP contribution in [0.4, 0.5) is 0 Å². The molecule has 0 heterocycles. The lowest BCUT2D eigenvalue weighted by Crippen LogP contribution is -2.38. The number of aliphatic hydroxyl groups is 1. The van der Waals surface area contributed by atoms with Gasteiger partial charge in [-0.2, -0.15) is 0 Å². The Morgan fingerprint density at radius 2 is 1.90 bits per heavy atom. The van der Waals surface area contributed by atoms with Gasteiger partial charge in [-0.15, -0.1) is 0 Å². The minimum atomic E-state index is -0.917. The molecular formula is C17H25NO2. The van der Waals surface area contributed by atoms with Gasteiger partial charge in [0.2, 0.25) is 0 Å². The van der Waals surface area contributed by atoms with Crippen molar-refractivity contribution in [3.05, 3.63) is 35.4 Å². The third-order valence-electron chi connectivity index (χ3n) is 4.26. The molecule has 1 aliphatic carbocycles. The summed E-state index contributed by atoms with van der Waals surface area (Å²) in [6.07, 6.45) is 5.92. The van der Waals surface area contributed by atoms with Crippen LogP contribution in [-0.2, 0) is 5.60 Å². The zero-order valence-electron chi connectivity index (χ0n) is 12.7. The summed E-state index contributed by atoms with van der Waals surface area (Å²) in [5.41, 5.74) is 0.526. The van der Waals surface area contributed by atoms with Crippen molar-refractivity contribution < 1.29 is 9.90 Å². The number of benzene rings is 1. The van der Waals surface area contributed by atoms with E-state index >= 15 is 0 Å². The maximum Gasteiger partial charge on any atom is 0.253 e. The molecule has 1 amide bonds. The summed E-state index contributed by atoms with van der Waals surface area (Å²) >= 11 is 0. The number of carbonyl (C=O) groups is 1. The highest BCUT2D eigenvalue weighted by atomic mass is 16.3. The minimum absolute atomic E-state index is 0.0583. The van der Waals surface area contributed by atoms with E-state index in [4.69, 9.17) is 0 Å². The molecule has 20 heavy (non-hydrogen) atoms. The molecule has 0 bridgehead atoms. The van der Waals surface area contributed by atoms with Crippen LogP contribution >= 0.6 is 0 Å². The van der Waals surface area contributed by atoms with E-state index in [1.807, 2.05) is 36.2 Å². The lowest BCUT2D eigenvalue weighted by Gasteiger charge is -2.31. The van der Waals surface area contributed by atoms with Gasteiger partial charge in [-0.1, -0.05) is 31.4 Å². The Labute approximate surface area is 121 Å². The zero-order valence-corrected chi connectivity index (χ0v) is 12.7. The molecule has 1 saturated carbocycles. The Morgan fingerprint density at radius 3 is 2.50 bits per heavy atom. The fourth-order valence-corrected chi connectivity index (χ4v) is 2.87. The fraction of sp³-hybridized carbons (Fsp3) is 0.588. The van der Waals surface area contributed by atoms with Crippen molar-refractivity contribution in [1.29, 1.82) is 0 Å². The first-order chi connectivity index (χ1) is 9.39. The molecule has 0 aliphatic heterocycles. The van der Waals surface area contributed by atoms with Crippen molar-refractivity contribution in [2.75, 3.05) is 7.05 Å². The van der Waals surface area contributed by atoms with Crippen molar-refractivity contribution in [2.24, 2.45) is 0 Å². The highest BCUT2D eigenvalue weighted by Gasteiger charge is 2.24. The Morgan fingerprint density at radius 1 is 1.25 bits per heavy atom. The van der Waals surface area contributed by atoms with Crippen LogP contribution in [0.3, 0.4) is 0 Å². The molecule has 3 nitrogen and oxygen atoms in total. The Hall–Kier alpha value is -1.35. The number of carbonyl (C=O) groups excluding carboxylic acids is 1. The maximum atomic E-state index is 12.6. The van der Waals surface area contributed by atoms with Crippen LogP contribution in [0.5, 0.6) is 0 Å². The second-order valence-electron chi connectivity index (χ2n) is 6.35. The normalized spacial score (nSPS) is 17.0. The van der Waals surface area contributed by atoms with Crippen LogP contribution < -0.4 is 0 Å². The summed E-state index contributed by atoms with van der Waals surface area (Å²) in [6.45, 7) is 3.48. The van der Waals surface area contributed by atoms with E-state index in [1.165, 1.54) is 19.3 Å². The Kier molecular flexibility index (Phi) is 4.48.